The van der Waals surface area contributed by atoms with Crippen molar-refractivity contribution in [1.82, 2.24) is 5.23 Å². The summed E-state index contributed by atoms with van der Waals surface area (Å²) in [5.41, 5.74) is 1.96. The number of benzene rings is 1. The Morgan fingerprint density at radius 2 is 1.91 bits per heavy atom. The standard InChI is InChI=1S/C8H10NO2/c1-7-2-4-8(5-3-7)6-9(10)11/h2-5,10H,6H2,1H3/q-1. The van der Waals surface area contributed by atoms with Crippen molar-refractivity contribution in [2.45, 2.75) is 13.5 Å². The summed E-state index contributed by atoms with van der Waals surface area (Å²) >= 11 is 0. The minimum absolute atomic E-state index is 0.0281. The van der Waals surface area contributed by atoms with E-state index in [-0.39, 0.29) is 11.8 Å². The molecule has 3 nitrogen and oxygen atoms in total. The number of hydrogen-bond donors (Lipinski definition) is 1. The predicted molar refractivity (Wildman–Crippen MR) is 41.9 cm³/mol. The summed E-state index contributed by atoms with van der Waals surface area (Å²) in [6, 6.07) is 7.44. The normalized spacial score (nSPS) is 10.5. The van der Waals surface area contributed by atoms with Crippen molar-refractivity contribution >= 4 is 0 Å². The molecule has 3 heteroatoms. The molecule has 1 N–H and O–H groups in total. The lowest BCUT2D eigenvalue weighted by Crippen LogP contribution is -2.08. The summed E-state index contributed by atoms with van der Waals surface area (Å²) in [5.74, 6) is 0. The lowest BCUT2D eigenvalue weighted by Gasteiger charge is -2.18. The van der Waals surface area contributed by atoms with Crippen LogP contribution in [-0.4, -0.2) is 10.4 Å². The summed E-state index contributed by atoms with van der Waals surface area (Å²) in [6.07, 6.45) is 0. The van der Waals surface area contributed by atoms with E-state index in [2.05, 4.69) is 0 Å². The van der Waals surface area contributed by atoms with Crippen molar-refractivity contribution in [3.05, 3.63) is 40.6 Å². The minimum atomic E-state index is -0.0787. The second-order valence-corrected chi connectivity index (χ2v) is 2.50. The first-order valence-corrected chi connectivity index (χ1v) is 3.37. The van der Waals surface area contributed by atoms with Gasteiger partial charge < -0.3 is 10.4 Å². The van der Waals surface area contributed by atoms with Crippen LogP contribution < -0.4 is 0 Å². The molecule has 0 radical (unpaired) electrons. The monoisotopic (exact) mass is 152 g/mol. The van der Waals surface area contributed by atoms with Gasteiger partial charge in [0.1, 0.15) is 0 Å². The minimum Gasteiger partial charge on any atom is -0.762 e. The van der Waals surface area contributed by atoms with Gasteiger partial charge in [0.2, 0.25) is 0 Å². The summed E-state index contributed by atoms with van der Waals surface area (Å²) in [6.45, 7) is 2.00. The van der Waals surface area contributed by atoms with Crippen LogP contribution in [0.2, 0.25) is 0 Å². The van der Waals surface area contributed by atoms with Gasteiger partial charge in [-0.3, -0.25) is 5.23 Å². The lowest BCUT2D eigenvalue weighted by atomic mass is 10.1. The molecule has 0 aliphatic heterocycles. The highest BCUT2D eigenvalue weighted by Gasteiger charge is 1.90. The first-order chi connectivity index (χ1) is 5.18. The topological polar surface area (TPSA) is 46.5 Å². The zero-order chi connectivity index (χ0) is 8.27. The Morgan fingerprint density at radius 3 is 2.36 bits per heavy atom. The molecule has 1 aromatic carbocycles. The van der Waals surface area contributed by atoms with Gasteiger partial charge >= 0.3 is 0 Å². The maximum atomic E-state index is 10.2. The highest BCUT2D eigenvalue weighted by Crippen LogP contribution is 2.04. The van der Waals surface area contributed by atoms with E-state index >= 15 is 0 Å². The van der Waals surface area contributed by atoms with Crippen molar-refractivity contribution in [3.63, 3.8) is 0 Å². The number of nitrogens with zero attached hydrogens (tertiary/aromatic N) is 1. The number of hydroxylamine groups is 2. The molecular weight excluding hydrogens is 142 g/mol. The van der Waals surface area contributed by atoms with E-state index in [9.17, 15) is 5.21 Å². The van der Waals surface area contributed by atoms with Gasteiger partial charge in [0.25, 0.3) is 0 Å². The van der Waals surface area contributed by atoms with Gasteiger partial charge in [-0.05, 0) is 12.5 Å². The summed E-state index contributed by atoms with van der Waals surface area (Å²) in [7, 11) is 0. The molecule has 0 saturated heterocycles. The molecule has 0 fully saturated rings. The molecule has 1 rings (SSSR count). The van der Waals surface area contributed by atoms with E-state index in [1.807, 2.05) is 31.2 Å². The van der Waals surface area contributed by atoms with E-state index in [1.165, 1.54) is 0 Å². The van der Waals surface area contributed by atoms with Gasteiger partial charge in [0.15, 0.2) is 0 Å². The van der Waals surface area contributed by atoms with E-state index < -0.39 is 0 Å². The molecule has 0 aliphatic rings. The molecule has 0 amide bonds. The van der Waals surface area contributed by atoms with Crippen molar-refractivity contribution in [3.8, 4) is 0 Å². The second-order valence-electron chi connectivity index (χ2n) is 2.50. The van der Waals surface area contributed by atoms with Gasteiger partial charge in [-0.2, -0.15) is 0 Å². The SMILES string of the molecule is Cc1ccc(CN([O-])O)cc1. The molecule has 0 unspecified atom stereocenters. The smallest absolute Gasteiger partial charge is 0.0354 e. The second kappa shape index (κ2) is 3.48. The predicted octanol–water partition coefficient (Wildman–Crippen LogP) is 1.68. The Morgan fingerprint density at radius 1 is 1.36 bits per heavy atom. The van der Waals surface area contributed by atoms with Gasteiger partial charge in [0, 0.05) is 6.54 Å². The molecular formula is C8H10NO2-. The van der Waals surface area contributed by atoms with Gasteiger partial charge in [-0.1, -0.05) is 29.8 Å². The first-order valence-electron chi connectivity index (χ1n) is 3.37. The summed E-state index contributed by atoms with van der Waals surface area (Å²) in [5, 5.41) is 18.4. The van der Waals surface area contributed by atoms with E-state index in [4.69, 9.17) is 5.21 Å². The van der Waals surface area contributed by atoms with Crippen LogP contribution in [0.25, 0.3) is 0 Å². The molecule has 11 heavy (non-hydrogen) atoms. The Kier molecular flexibility index (Phi) is 2.59. The molecule has 0 bridgehead atoms. The van der Waals surface area contributed by atoms with Crippen LogP contribution in [0, 0.1) is 12.1 Å². The summed E-state index contributed by atoms with van der Waals surface area (Å²) in [4.78, 5) is 0. The van der Waals surface area contributed by atoms with Crippen molar-refractivity contribution in [2.75, 3.05) is 0 Å². The van der Waals surface area contributed by atoms with Crippen molar-refractivity contribution < 1.29 is 5.21 Å². The third kappa shape index (κ3) is 2.67. The molecule has 1 aromatic rings. The quantitative estimate of drug-likeness (QED) is 0.656. The van der Waals surface area contributed by atoms with Crippen molar-refractivity contribution in [1.29, 1.82) is 0 Å². The maximum Gasteiger partial charge on any atom is 0.0354 e. The lowest BCUT2D eigenvalue weighted by molar-refractivity contribution is -0.0487. The largest absolute Gasteiger partial charge is 0.762 e. The molecule has 0 aromatic heterocycles. The zero-order valence-corrected chi connectivity index (χ0v) is 6.32. The fourth-order valence-electron chi connectivity index (χ4n) is 0.850. The van der Waals surface area contributed by atoms with Gasteiger partial charge in [-0.25, -0.2) is 0 Å². The fourth-order valence-corrected chi connectivity index (χ4v) is 0.850. The van der Waals surface area contributed by atoms with Crippen LogP contribution in [0.3, 0.4) is 0 Å². The fraction of sp³-hybridized carbons (Fsp3) is 0.250. The first kappa shape index (κ1) is 8.20. The van der Waals surface area contributed by atoms with Gasteiger partial charge in [0.05, 0.1) is 0 Å². The molecule has 0 heterocycles. The van der Waals surface area contributed by atoms with Gasteiger partial charge in [-0.15, -0.1) is 0 Å². The Bertz CT molecular complexity index is 218. The zero-order valence-electron chi connectivity index (χ0n) is 6.32. The molecule has 0 spiro atoms. The molecule has 0 atom stereocenters. The Balaban J connectivity index is 2.66. The van der Waals surface area contributed by atoms with E-state index in [0.29, 0.717) is 0 Å². The van der Waals surface area contributed by atoms with Crippen LogP contribution in [0.5, 0.6) is 0 Å². The third-order valence-corrected chi connectivity index (χ3v) is 1.44. The van der Waals surface area contributed by atoms with E-state index in [1.54, 1.807) is 0 Å². The molecule has 0 saturated carbocycles. The Labute approximate surface area is 65.4 Å². The highest BCUT2D eigenvalue weighted by atomic mass is 16.8. The number of hydrogen-bond acceptors (Lipinski definition) is 3. The van der Waals surface area contributed by atoms with Crippen LogP contribution in [-0.2, 0) is 6.54 Å². The van der Waals surface area contributed by atoms with Crippen molar-refractivity contribution in [2.24, 2.45) is 0 Å². The van der Waals surface area contributed by atoms with E-state index in [0.717, 1.165) is 11.1 Å². The highest BCUT2D eigenvalue weighted by molar-refractivity contribution is 5.20. The average molecular weight is 152 g/mol. The third-order valence-electron chi connectivity index (χ3n) is 1.44. The van der Waals surface area contributed by atoms with Crippen LogP contribution >= 0.6 is 0 Å². The number of aryl methyl sites for hydroxylation is 1. The van der Waals surface area contributed by atoms with Crippen LogP contribution in [0.4, 0.5) is 0 Å². The van der Waals surface area contributed by atoms with Crippen LogP contribution in [0.1, 0.15) is 11.1 Å². The summed E-state index contributed by atoms with van der Waals surface area (Å²) < 4.78 is 0. The molecule has 0 aliphatic carbocycles. The number of rotatable bonds is 2. The average Bonchev–Trinajstić information content (AvgIpc) is 1.93. The molecule has 60 valence electrons. The van der Waals surface area contributed by atoms with Crippen LogP contribution in [0.15, 0.2) is 24.3 Å². The Hall–Kier alpha value is -0.900. The maximum absolute atomic E-state index is 10.2.